The highest BCUT2D eigenvalue weighted by atomic mass is 79.9. The number of aromatic nitrogens is 1. The van der Waals surface area contributed by atoms with Gasteiger partial charge < -0.3 is 31.8 Å². The Morgan fingerprint density at radius 1 is 0.837 bits per heavy atom. The van der Waals surface area contributed by atoms with E-state index in [0.29, 0.717) is 29.4 Å². The van der Waals surface area contributed by atoms with Crippen molar-refractivity contribution in [3.8, 4) is 11.5 Å². The van der Waals surface area contributed by atoms with Crippen LogP contribution in [0.15, 0.2) is 53.4 Å². The molecule has 0 aliphatic heterocycles. The Hall–Kier alpha value is -2.71. The van der Waals surface area contributed by atoms with E-state index in [9.17, 15) is 9.59 Å². The molecule has 0 atom stereocenters. The lowest BCUT2D eigenvalue weighted by Crippen LogP contribution is -3.00. The van der Waals surface area contributed by atoms with Crippen LogP contribution in [0.3, 0.4) is 0 Å². The molecular formula is C35H49BrN2O4S. The summed E-state index contributed by atoms with van der Waals surface area (Å²) in [6.45, 7) is 7.10. The molecule has 0 spiro atoms. The second-order valence-corrected chi connectivity index (χ2v) is 11.8. The van der Waals surface area contributed by atoms with Gasteiger partial charge in [0.1, 0.15) is 11.5 Å². The molecule has 0 saturated heterocycles. The number of unbranched alkanes of at least 4 members (excludes halogenated alkanes) is 11. The average Bonchev–Trinajstić information content (AvgIpc) is 3.39. The molecule has 1 amide bonds. The maximum atomic E-state index is 12.5. The summed E-state index contributed by atoms with van der Waals surface area (Å²) in [6.07, 6.45) is 15.5. The number of nitrogens with one attached hydrogen (secondary N) is 1. The van der Waals surface area contributed by atoms with Gasteiger partial charge in [0, 0.05) is 18.2 Å². The number of amides is 1. The molecule has 6 nitrogen and oxygen atoms in total. The zero-order chi connectivity index (χ0) is 30.0. The Morgan fingerprint density at radius 2 is 1.47 bits per heavy atom. The van der Waals surface area contributed by atoms with Gasteiger partial charge >= 0.3 is 0 Å². The minimum atomic E-state index is -0.262. The van der Waals surface area contributed by atoms with Crippen molar-refractivity contribution in [3.63, 3.8) is 0 Å². The molecule has 0 radical (unpaired) electrons. The lowest BCUT2D eigenvalue weighted by Gasteiger charge is -2.13. The Bertz CT molecular complexity index is 1230. The van der Waals surface area contributed by atoms with Crippen molar-refractivity contribution in [2.45, 2.75) is 104 Å². The number of rotatable bonds is 21. The van der Waals surface area contributed by atoms with Gasteiger partial charge in [0.05, 0.1) is 17.6 Å². The number of hydrogen-bond donors (Lipinski definition) is 1. The molecule has 1 aromatic heterocycles. The van der Waals surface area contributed by atoms with Crippen LogP contribution in [-0.4, -0.2) is 24.9 Å². The van der Waals surface area contributed by atoms with Crippen LogP contribution in [0.1, 0.15) is 113 Å². The molecule has 0 bridgehead atoms. The van der Waals surface area contributed by atoms with Crippen molar-refractivity contribution >= 4 is 28.7 Å². The van der Waals surface area contributed by atoms with Gasteiger partial charge in [0.25, 0.3) is 5.91 Å². The van der Waals surface area contributed by atoms with Gasteiger partial charge in [0.15, 0.2) is 24.6 Å². The SMILES string of the molecule is CCCCCCCCCCCCCCOc1ccc(OCC(=O)Nc2ccc(C[n+]3cscc3C)cc2)cc1C(C)=O.[Br-]. The molecule has 0 aliphatic carbocycles. The monoisotopic (exact) mass is 672 g/mol. The second kappa shape index (κ2) is 21.1. The smallest absolute Gasteiger partial charge is 0.262 e. The zero-order valence-electron chi connectivity index (χ0n) is 26.2. The van der Waals surface area contributed by atoms with E-state index in [0.717, 1.165) is 24.9 Å². The van der Waals surface area contributed by atoms with Crippen LogP contribution >= 0.6 is 11.3 Å². The molecule has 3 rings (SSSR count). The Balaban J connectivity index is 0.00000645. The number of carbonyl (C=O) groups excluding carboxylic acids is 2. The standard InChI is InChI=1S/C35H48N2O4S.BrH/c1-4-5-6-7-8-9-10-11-12-13-14-15-22-40-34-21-20-32(23-33(34)29(3)38)41-25-35(39)36-31-18-16-30(17-19-31)24-37-27-42-26-28(37)2;/h16-21,23,26-27H,4-15,22,24-25H2,1-3H3;1H. The third-order valence-corrected chi connectivity index (χ3v) is 8.28. The summed E-state index contributed by atoms with van der Waals surface area (Å²) in [5.41, 5.74) is 5.67. The molecule has 236 valence electrons. The van der Waals surface area contributed by atoms with Gasteiger partial charge in [-0.1, -0.05) is 101 Å². The van der Waals surface area contributed by atoms with Crippen LogP contribution in [0.25, 0.3) is 0 Å². The van der Waals surface area contributed by atoms with Crippen molar-refractivity contribution in [3.05, 3.63) is 70.2 Å². The maximum absolute atomic E-state index is 12.5. The second-order valence-electron chi connectivity index (χ2n) is 11.1. The minimum absolute atomic E-state index is 0. The quantitative estimate of drug-likeness (QED) is 0.0896. The largest absolute Gasteiger partial charge is 1.00 e. The highest BCUT2D eigenvalue weighted by Gasteiger charge is 2.13. The summed E-state index contributed by atoms with van der Waals surface area (Å²) in [5.74, 6) is 0.679. The first kappa shape index (κ1) is 36.5. The van der Waals surface area contributed by atoms with Crippen molar-refractivity contribution in [1.82, 2.24) is 0 Å². The fraction of sp³-hybridized carbons (Fsp3) is 0.514. The van der Waals surface area contributed by atoms with Gasteiger partial charge in [-0.05, 0) is 43.7 Å². The van der Waals surface area contributed by atoms with Crippen molar-refractivity contribution < 1.29 is 40.6 Å². The normalized spacial score (nSPS) is 10.7. The van der Waals surface area contributed by atoms with Gasteiger partial charge in [-0.2, -0.15) is 4.57 Å². The summed E-state index contributed by atoms with van der Waals surface area (Å²) in [5, 5.41) is 4.99. The molecule has 8 heteroatoms. The first-order chi connectivity index (χ1) is 20.5. The molecule has 2 aromatic carbocycles. The van der Waals surface area contributed by atoms with E-state index in [1.54, 1.807) is 29.5 Å². The third kappa shape index (κ3) is 14.1. The van der Waals surface area contributed by atoms with Gasteiger partial charge in [0.2, 0.25) is 5.51 Å². The summed E-state index contributed by atoms with van der Waals surface area (Å²) in [7, 11) is 0. The molecular weight excluding hydrogens is 624 g/mol. The Kier molecular flexibility index (Phi) is 17.9. The average molecular weight is 674 g/mol. The highest BCUT2D eigenvalue weighted by Crippen LogP contribution is 2.25. The van der Waals surface area contributed by atoms with E-state index in [1.165, 1.54) is 76.8 Å². The number of Topliss-reactive ketones (excluding diaryl/α,β-unsaturated/α-hetero) is 1. The fourth-order valence-electron chi connectivity index (χ4n) is 4.88. The summed E-state index contributed by atoms with van der Waals surface area (Å²) in [4.78, 5) is 24.7. The lowest BCUT2D eigenvalue weighted by atomic mass is 10.1. The number of hydrogen-bond acceptors (Lipinski definition) is 5. The Morgan fingerprint density at radius 3 is 2.05 bits per heavy atom. The fourth-order valence-corrected chi connectivity index (χ4v) is 5.66. The molecule has 43 heavy (non-hydrogen) atoms. The van der Waals surface area contributed by atoms with E-state index < -0.39 is 0 Å². The Labute approximate surface area is 273 Å². The molecule has 0 aliphatic rings. The van der Waals surface area contributed by atoms with Crippen LogP contribution in [0.5, 0.6) is 11.5 Å². The maximum Gasteiger partial charge on any atom is 0.262 e. The highest BCUT2D eigenvalue weighted by molar-refractivity contribution is 7.07. The summed E-state index contributed by atoms with van der Waals surface area (Å²) < 4.78 is 13.8. The number of benzene rings is 2. The molecule has 0 saturated carbocycles. The lowest BCUT2D eigenvalue weighted by molar-refractivity contribution is -0.689. The van der Waals surface area contributed by atoms with E-state index >= 15 is 0 Å². The molecule has 1 N–H and O–H groups in total. The van der Waals surface area contributed by atoms with Gasteiger partial charge in [-0.15, -0.1) is 0 Å². The van der Waals surface area contributed by atoms with E-state index in [2.05, 4.69) is 34.6 Å². The number of ketones is 1. The summed E-state index contributed by atoms with van der Waals surface area (Å²) >= 11 is 1.68. The number of ether oxygens (including phenoxy) is 2. The zero-order valence-corrected chi connectivity index (χ0v) is 28.6. The molecule has 0 fully saturated rings. The van der Waals surface area contributed by atoms with Crippen molar-refractivity contribution in [1.29, 1.82) is 0 Å². The predicted octanol–water partition coefficient (Wildman–Crippen LogP) is 5.70. The first-order valence-electron chi connectivity index (χ1n) is 15.7. The van der Waals surface area contributed by atoms with E-state index in [1.807, 2.05) is 24.3 Å². The van der Waals surface area contributed by atoms with Crippen LogP contribution < -0.4 is 36.3 Å². The van der Waals surface area contributed by atoms with Crippen LogP contribution in [0.2, 0.25) is 0 Å². The number of aryl methyl sites for hydroxylation is 1. The number of halogens is 1. The minimum Gasteiger partial charge on any atom is -1.00 e. The topological polar surface area (TPSA) is 68.5 Å². The van der Waals surface area contributed by atoms with E-state index in [-0.39, 0.29) is 35.3 Å². The van der Waals surface area contributed by atoms with Gasteiger partial charge in [-0.3, -0.25) is 9.59 Å². The number of carbonyl (C=O) groups is 2. The van der Waals surface area contributed by atoms with Gasteiger partial charge in [-0.25, -0.2) is 0 Å². The first-order valence-corrected chi connectivity index (χ1v) is 16.6. The molecule has 0 unspecified atom stereocenters. The van der Waals surface area contributed by atoms with Crippen LogP contribution in [0, 0.1) is 6.92 Å². The van der Waals surface area contributed by atoms with Crippen LogP contribution in [-0.2, 0) is 11.3 Å². The predicted molar refractivity (Wildman–Crippen MR) is 172 cm³/mol. The van der Waals surface area contributed by atoms with Crippen molar-refractivity contribution in [2.75, 3.05) is 18.5 Å². The number of nitrogens with zero attached hydrogens (tertiary/aromatic N) is 1. The number of anilines is 1. The molecule has 1 heterocycles. The number of thiazole rings is 1. The summed E-state index contributed by atoms with van der Waals surface area (Å²) in [6, 6.07) is 13.0. The van der Waals surface area contributed by atoms with E-state index in [4.69, 9.17) is 9.47 Å². The third-order valence-electron chi connectivity index (χ3n) is 7.43. The van der Waals surface area contributed by atoms with Crippen molar-refractivity contribution in [2.24, 2.45) is 0 Å². The molecule has 3 aromatic rings. The van der Waals surface area contributed by atoms with Crippen LogP contribution in [0.4, 0.5) is 5.69 Å².